The second kappa shape index (κ2) is 14.9. The van der Waals surface area contributed by atoms with Crippen LogP contribution in [0, 0.1) is 6.57 Å². The first kappa shape index (κ1) is 30.4. The van der Waals surface area contributed by atoms with Crippen LogP contribution >= 0.6 is 0 Å². The number of nitrogens with one attached hydrogen (secondary N) is 3. The van der Waals surface area contributed by atoms with Crippen LogP contribution in [0.3, 0.4) is 0 Å². The fourth-order valence-corrected chi connectivity index (χ4v) is 4.93. The highest BCUT2D eigenvalue weighted by atomic mass is 16.5. The van der Waals surface area contributed by atoms with Crippen molar-refractivity contribution in [1.29, 1.82) is 0 Å². The number of nitrogens with zero attached hydrogens (tertiary/aromatic N) is 6. The molecule has 5 rings (SSSR count). The van der Waals surface area contributed by atoms with E-state index >= 15 is 0 Å². The third kappa shape index (κ3) is 8.73. The van der Waals surface area contributed by atoms with Gasteiger partial charge in [0.1, 0.15) is 6.04 Å². The van der Waals surface area contributed by atoms with Crippen LogP contribution in [0.5, 0.6) is 0 Å². The predicted octanol–water partition coefficient (Wildman–Crippen LogP) is 4.72. The molecule has 1 aliphatic heterocycles. The maximum atomic E-state index is 12.8. The number of likely N-dealkylation sites (N-methyl/N-ethyl adjacent to an activating group) is 1. The molecular weight excluding hydrogens is 554 g/mol. The lowest BCUT2D eigenvalue weighted by Gasteiger charge is -2.32. The van der Waals surface area contributed by atoms with Crippen LogP contribution in [0.25, 0.3) is 4.85 Å². The van der Waals surface area contributed by atoms with Gasteiger partial charge in [-0.2, -0.15) is 15.0 Å². The number of carbonyl (C=O) groups is 1. The predicted molar refractivity (Wildman–Crippen MR) is 172 cm³/mol. The molecule has 11 heteroatoms. The van der Waals surface area contributed by atoms with E-state index in [1.54, 1.807) is 12.1 Å². The van der Waals surface area contributed by atoms with E-state index in [0.717, 1.165) is 49.5 Å². The largest absolute Gasteiger partial charge is 0.467 e. The Hall–Kier alpha value is -5.05. The molecule has 1 aromatic heterocycles. The van der Waals surface area contributed by atoms with Crippen molar-refractivity contribution in [2.75, 3.05) is 56.3 Å². The minimum atomic E-state index is -0.761. The molecule has 0 saturated carbocycles. The van der Waals surface area contributed by atoms with Crippen molar-refractivity contribution in [3.05, 3.63) is 107 Å². The molecule has 1 atom stereocenters. The van der Waals surface area contributed by atoms with Crippen molar-refractivity contribution < 1.29 is 9.53 Å². The van der Waals surface area contributed by atoms with Crippen molar-refractivity contribution >= 4 is 35.2 Å². The Morgan fingerprint density at radius 1 is 0.886 bits per heavy atom. The minimum absolute atomic E-state index is 0.222. The van der Waals surface area contributed by atoms with E-state index in [2.05, 4.69) is 64.7 Å². The lowest BCUT2D eigenvalue weighted by atomic mass is 10.1. The van der Waals surface area contributed by atoms with Crippen LogP contribution in [-0.2, 0) is 29.0 Å². The number of aromatic nitrogens is 3. The Morgan fingerprint density at radius 2 is 1.59 bits per heavy atom. The Bertz CT molecular complexity index is 1570. The molecule has 1 aliphatic rings. The lowest BCUT2D eigenvalue weighted by molar-refractivity contribution is -0.141. The fourth-order valence-electron chi connectivity index (χ4n) is 4.93. The van der Waals surface area contributed by atoms with Crippen LogP contribution in [0.15, 0.2) is 78.9 Å². The minimum Gasteiger partial charge on any atom is -0.467 e. The molecule has 0 amide bonds. The number of rotatable bonds is 12. The molecule has 226 valence electrons. The summed E-state index contributed by atoms with van der Waals surface area (Å²) in [6, 6.07) is 24.5. The molecule has 1 fully saturated rings. The smallest absolute Gasteiger partial charge is 0.328 e. The first-order chi connectivity index (χ1) is 21.5. The van der Waals surface area contributed by atoms with Crippen molar-refractivity contribution in [2.45, 2.75) is 25.6 Å². The zero-order valence-electron chi connectivity index (χ0n) is 25.0. The maximum Gasteiger partial charge on any atom is 0.328 e. The quantitative estimate of drug-likeness (QED) is 0.158. The summed E-state index contributed by atoms with van der Waals surface area (Å²) < 4.78 is 5.09. The van der Waals surface area contributed by atoms with Crippen molar-refractivity contribution in [2.24, 2.45) is 0 Å². The van der Waals surface area contributed by atoms with Crippen molar-refractivity contribution in [3.8, 4) is 0 Å². The third-order valence-electron chi connectivity index (χ3n) is 7.41. The van der Waals surface area contributed by atoms with Gasteiger partial charge in [0.15, 0.2) is 5.69 Å². The number of hydrogen-bond acceptors (Lipinski definition) is 10. The number of carbonyl (C=O) groups excluding carboxylic acids is 1. The average molecular weight is 592 g/mol. The molecule has 1 saturated heterocycles. The summed E-state index contributed by atoms with van der Waals surface area (Å²) >= 11 is 0. The second-order valence-electron chi connectivity index (χ2n) is 10.8. The van der Waals surface area contributed by atoms with Gasteiger partial charge in [0.05, 0.1) is 13.7 Å². The number of methoxy groups -OCH3 is 1. The Kier molecular flexibility index (Phi) is 10.3. The summed E-state index contributed by atoms with van der Waals surface area (Å²) in [6.07, 6.45) is 0.320. The summed E-state index contributed by atoms with van der Waals surface area (Å²) in [5, 5.41) is 9.76. The molecule has 3 aromatic carbocycles. The van der Waals surface area contributed by atoms with Crippen molar-refractivity contribution in [3.63, 3.8) is 0 Å². The molecule has 0 aliphatic carbocycles. The van der Waals surface area contributed by atoms with E-state index in [-0.39, 0.29) is 5.95 Å². The van der Waals surface area contributed by atoms with Crippen LogP contribution in [0.1, 0.15) is 16.7 Å². The van der Waals surface area contributed by atoms with Gasteiger partial charge in [0, 0.05) is 51.4 Å². The molecule has 44 heavy (non-hydrogen) atoms. The van der Waals surface area contributed by atoms with E-state index in [0.29, 0.717) is 30.5 Å². The summed E-state index contributed by atoms with van der Waals surface area (Å²) in [4.78, 5) is 34.9. The molecule has 11 nitrogen and oxygen atoms in total. The average Bonchev–Trinajstić information content (AvgIpc) is 3.05. The summed E-state index contributed by atoms with van der Waals surface area (Å²) in [7, 11) is 3.51. The summed E-state index contributed by atoms with van der Waals surface area (Å²) in [5.41, 5.74) is 4.53. The van der Waals surface area contributed by atoms with Crippen LogP contribution in [-0.4, -0.2) is 77.1 Å². The first-order valence-electron chi connectivity index (χ1n) is 14.6. The van der Waals surface area contributed by atoms with E-state index in [1.165, 1.54) is 12.7 Å². The van der Waals surface area contributed by atoms with Gasteiger partial charge >= 0.3 is 5.97 Å². The molecule has 0 radical (unpaired) electrons. The number of piperazine rings is 1. The number of hydrogen-bond donors (Lipinski definition) is 3. The second-order valence-corrected chi connectivity index (χ2v) is 10.8. The Balaban J connectivity index is 1.36. The van der Waals surface area contributed by atoms with Gasteiger partial charge in [-0.3, -0.25) is 4.90 Å². The van der Waals surface area contributed by atoms with Gasteiger partial charge in [-0.15, -0.1) is 0 Å². The van der Waals surface area contributed by atoms with E-state index in [1.807, 2.05) is 54.6 Å². The number of benzene rings is 3. The standard InChI is InChI=1S/C33H37N9O2/c1-34-27-14-12-24(13-15-27)21-29(30(43)44-3)37-33-39-31(35-22-25-8-5-4-6-9-25)38-32(40-33)36-28-11-7-10-26(20-28)23-42-18-16-41(2)17-19-42/h4-15,20,29H,16-19,21-23H2,2-3H3,(H3,35,36,37,38,39,40)/t29-/m0/s1. The SMILES string of the molecule is [C-]#[N+]c1ccc(C[C@H](Nc2nc(NCc3ccccc3)nc(Nc3cccc(CN4CCN(C)CC4)c3)n2)C(=O)OC)cc1. The molecule has 0 unspecified atom stereocenters. The van der Waals surface area contributed by atoms with E-state index in [9.17, 15) is 4.79 Å². The van der Waals surface area contributed by atoms with E-state index < -0.39 is 12.0 Å². The first-order valence-corrected chi connectivity index (χ1v) is 14.6. The van der Waals surface area contributed by atoms with Gasteiger partial charge in [-0.1, -0.05) is 66.7 Å². The topological polar surface area (TPSA) is 112 Å². The molecule has 0 bridgehead atoms. The fraction of sp³-hybridized carbons (Fsp3) is 0.303. The highest BCUT2D eigenvalue weighted by Crippen LogP contribution is 2.21. The van der Waals surface area contributed by atoms with Gasteiger partial charge in [-0.25, -0.2) is 9.64 Å². The highest BCUT2D eigenvalue weighted by molar-refractivity contribution is 5.79. The number of ether oxygens (including phenoxy) is 1. The maximum absolute atomic E-state index is 12.8. The Labute approximate surface area is 258 Å². The molecule has 2 heterocycles. The van der Waals surface area contributed by atoms with Gasteiger partial charge < -0.3 is 25.6 Å². The van der Waals surface area contributed by atoms with Crippen LogP contribution in [0.2, 0.25) is 0 Å². The third-order valence-corrected chi connectivity index (χ3v) is 7.41. The Morgan fingerprint density at radius 3 is 2.32 bits per heavy atom. The normalized spacial score (nSPS) is 14.3. The van der Waals surface area contributed by atoms with Gasteiger partial charge in [0.25, 0.3) is 0 Å². The molecular formula is C33H37N9O2. The highest BCUT2D eigenvalue weighted by Gasteiger charge is 2.22. The molecule has 0 spiro atoms. The van der Waals surface area contributed by atoms with Crippen molar-refractivity contribution in [1.82, 2.24) is 24.8 Å². The zero-order valence-corrected chi connectivity index (χ0v) is 25.0. The lowest BCUT2D eigenvalue weighted by Crippen LogP contribution is -2.43. The molecule has 3 N–H and O–H groups in total. The van der Waals surface area contributed by atoms with Crippen LogP contribution < -0.4 is 16.0 Å². The summed E-state index contributed by atoms with van der Waals surface area (Å²) in [5.74, 6) is 0.455. The van der Waals surface area contributed by atoms with E-state index in [4.69, 9.17) is 11.3 Å². The number of anilines is 4. The number of esters is 1. The summed E-state index contributed by atoms with van der Waals surface area (Å²) in [6.45, 7) is 12.8. The van der Waals surface area contributed by atoms with Crippen LogP contribution in [0.4, 0.5) is 29.2 Å². The van der Waals surface area contributed by atoms with Gasteiger partial charge in [-0.05, 0) is 35.9 Å². The van der Waals surface area contributed by atoms with Gasteiger partial charge in [0.2, 0.25) is 17.8 Å². The zero-order chi connectivity index (χ0) is 30.7. The monoisotopic (exact) mass is 591 g/mol. The molecule has 4 aromatic rings.